The van der Waals surface area contributed by atoms with E-state index in [0.717, 1.165) is 29.3 Å². The maximum absolute atomic E-state index is 13.6. The number of carbonyl (C=O) groups excluding carboxylic acids is 3. The van der Waals surface area contributed by atoms with Gasteiger partial charge in [-0.3, -0.25) is 9.59 Å². The minimum absolute atomic E-state index is 0.0284. The molecule has 0 unspecified atom stereocenters. The molecule has 9 heteroatoms. The number of hydrogen-bond acceptors (Lipinski definition) is 5. The Hall–Kier alpha value is -4.11. The van der Waals surface area contributed by atoms with Gasteiger partial charge in [0.2, 0.25) is 5.91 Å². The van der Waals surface area contributed by atoms with Crippen molar-refractivity contribution in [3.8, 4) is 5.75 Å². The zero-order valence-electron chi connectivity index (χ0n) is 23.1. The Bertz CT molecular complexity index is 1420. The molecule has 0 bridgehead atoms. The van der Waals surface area contributed by atoms with Gasteiger partial charge in [0, 0.05) is 36.5 Å². The second-order valence-electron chi connectivity index (χ2n) is 10.9. The number of aliphatic hydroxyl groups is 1. The van der Waals surface area contributed by atoms with E-state index >= 15 is 0 Å². The number of carbonyl (C=O) groups is 3. The molecule has 210 valence electrons. The molecule has 3 atom stereocenters. The summed E-state index contributed by atoms with van der Waals surface area (Å²) >= 11 is 0. The van der Waals surface area contributed by atoms with Crippen LogP contribution in [0.2, 0.25) is 0 Å². The predicted octanol–water partition coefficient (Wildman–Crippen LogP) is 4.57. The lowest BCUT2D eigenvalue weighted by Gasteiger charge is -2.38. The first kappa shape index (κ1) is 27.5. The quantitative estimate of drug-likeness (QED) is 0.404. The van der Waals surface area contributed by atoms with Crippen molar-refractivity contribution in [2.45, 2.75) is 38.8 Å². The standard InChI is InChI=1S/C31H36N4O5/c1-19-16-35(20(2)18-36)30(38)25-15-23(32-29(37)22-11-12-22)13-14-27(25)40-28(19)17-34(3)31(39)33-26-10-6-8-21-7-4-5-9-24(21)26/h4-10,13-15,19-20,22,28,36H,11-12,16-18H2,1-3H3,(H,32,37)(H,33,39)/t19-,20+,28-/m1/s1. The zero-order chi connectivity index (χ0) is 28.4. The van der Waals surface area contributed by atoms with E-state index in [9.17, 15) is 19.5 Å². The first-order valence-electron chi connectivity index (χ1n) is 13.8. The van der Waals surface area contributed by atoms with Crippen molar-refractivity contribution in [1.29, 1.82) is 0 Å². The molecule has 3 aromatic rings. The van der Waals surface area contributed by atoms with Crippen LogP contribution >= 0.6 is 0 Å². The first-order chi connectivity index (χ1) is 19.2. The lowest BCUT2D eigenvalue weighted by Crippen LogP contribution is -2.50. The summed E-state index contributed by atoms with van der Waals surface area (Å²) in [5, 5.41) is 17.8. The number of urea groups is 1. The van der Waals surface area contributed by atoms with Gasteiger partial charge in [-0.05, 0) is 49.4 Å². The van der Waals surface area contributed by atoms with Gasteiger partial charge in [0.1, 0.15) is 11.9 Å². The smallest absolute Gasteiger partial charge is 0.321 e. The molecule has 1 fully saturated rings. The number of rotatable bonds is 7. The normalized spacial score (nSPS) is 19.6. The summed E-state index contributed by atoms with van der Waals surface area (Å²) in [4.78, 5) is 42.4. The average Bonchev–Trinajstić information content (AvgIpc) is 3.81. The second-order valence-corrected chi connectivity index (χ2v) is 10.9. The Morgan fingerprint density at radius 1 is 1.10 bits per heavy atom. The van der Waals surface area contributed by atoms with Crippen LogP contribution in [0, 0.1) is 11.8 Å². The fourth-order valence-corrected chi connectivity index (χ4v) is 5.01. The number of anilines is 2. The lowest BCUT2D eigenvalue weighted by molar-refractivity contribution is -0.117. The predicted molar refractivity (Wildman–Crippen MR) is 155 cm³/mol. The number of ether oxygens (including phenoxy) is 1. The van der Waals surface area contributed by atoms with Crippen LogP contribution in [0.1, 0.15) is 37.0 Å². The van der Waals surface area contributed by atoms with Gasteiger partial charge >= 0.3 is 6.03 Å². The lowest BCUT2D eigenvalue weighted by atomic mass is 9.99. The van der Waals surface area contributed by atoms with Gasteiger partial charge in [0.25, 0.3) is 5.91 Å². The van der Waals surface area contributed by atoms with Crippen LogP contribution in [-0.4, -0.2) is 71.6 Å². The number of hydrogen-bond donors (Lipinski definition) is 3. The fraction of sp³-hybridized carbons (Fsp3) is 0.387. The SMILES string of the molecule is C[C@@H]1CN([C@@H](C)CO)C(=O)c2cc(NC(=O)C3CC3)ccc2O[C@@H]1CN(C)C(=O)Nc1cccc2ccccc12. The Morgan fingerprint density at radius 3 is 2.60 bits per heavy atom. The highest BCUT2D eigenvalue weighted by atomic mass is 16.5. The summed E-state index contributed by atoms with van der Waals surface area (Å²) < 4.78 is 6.40. The number of likely N-dealkylation sites (N-methyl/N-ethyl adjacent to an activating group) is 1. The van der Waals surface area contributed by atoms with E-state index in [-0.39, 0.29) is 42.8 Å². The van der Waals surface area contributed by atoms with Gasteiger partial charge in [0.05, 0.1) is 30.4 Å². The first-order valence-corrected chi connectivity index (χ1v) is 13.8. The summed E-state index contributed by atoms with van der Waals surface area (Å²) in [5.74, 6) is -0.0608. The fourth-order valence-electron chi connectivity index (χ4n) is 5.01. The molecule has 0 saturated heterocycles. The molecule has 0 radical (unpaired) electrons. The van der Waals surface area contributed by atoms with E-state index in [2.05, 4.69) is 10.6 Å². The second kappa shape index (κ2) is 11.6. The molecule has 1 saturated carbocycles. The molecule has 1 heterocycles. The van der Waals surface area contributed by atoms with Crippen LogP contribution in [-0.2, 0) is 4.79 Å². The van der Waals surface area contributed by atoms with Crippen LogP contribution in [0.15, 0.2) is 60.7 Å². The monoisotopic (exact) mass is 544 g/mol. The van der Waals surface area contributed by atoms with E-state index < -0.39 is 12.1 Å². The molecule has 1 aliphatic carbocycles. The topological polar surface area (TPSA) is 111 Å². The molecular formula is C31H36N4O5. The van der Waals surface area contributed by atoms with Crippen LogP contribution in [0.5, 0.6) is 5.75 Å². The highest BCUT2D eigenvalue weighted by Gasteiger charge is 2.35. The summed E-state index contributed by atoms with van der Waals surface area (Å²) in [5.41, 5.74) is 1.57. The Kier molecular flexibility index (Phi) is 7.93. The number of aliphatic hydroxyl groups excluding tert-OH is 1. The van der Waals surface area contributed by atoms with Gasteiger partial charge in [0.15, 0.2) is 0 Å². The Balaban J connectivity index is 1.37. The highest BCUT2D eigenvalue weighted by Crippen LogP contribution is 2.33. The highest BCUT2D eigenvalue weighted by molar-refractivity contribution is 6.02. The number of amides is 4. The third kappa shape index (κ3) is 5.89. The van der Waals surface area contributed by atoms with Crippen molar-refractivity contribution in [3.63, 3.8) is 0 Å². The molecule has 2 aliphatic rings. The largest absolute Gasteiger partial charge is 0.487 e. The summed E-state index contributed by atoms with van der Waals surface area (Å²) in [6.07, 6.45) is 1.32. The van der Waals surface area contributed by atoms with E-state index in [1.165, 1.54) is 0 Å². The molecule has 9 nitrogen and oxygen atoms in total. The number of fused-ring (bicyclic) bond motifs is 2. The van der Waals surface area contributed by atoms with E-state index in [1.54, 1.807) is 42.0 Å². The van der Waals surface area contributed by atoms with Crippen LogP contribution in [0.3, 0.4) is 0 Å². The van der Waals surface area contributed by atoms with Gasteiger partial charge in [-0.25, -0.2) is 4.79 Å². The molecule has 1 aliphatic heterocycles. The van der Waals surface area contributed by atoms with E-state index in [1.807, 2.05) is 49.4 Å². The Labute approximate surface area is 234 Å². The number of nitrogens with zero attached hydrogens (tertiary/aromatic N) is 2. The molecule has 0 aromatic heterocycles. The molecule has 0 spiro atoms. The average molecular weight is 545 g/mol. The van der Waals surface area contributed by atoms with Crippen molar-refractivity contribution in [2.75, 3.05) is 37.4 Å². The third-order valence-electron chi connectivity index (χ3n) is 7.71. The van der Waals surface area contributed by atoms with Crippen molar-refractivity contribution in [1.82, 2.24) is 9.80 Å². The summed E-state index contributed by atoms with van der Waals surface area (Å²) in [6.45, 7) is 4.19. The van der Waals surface area contributed by atoms with Crippen molar-refractivity contribution < 1.29 is 24.2 Å². The summed E-state index contributed by atoms with van der Waals surface area (Å²) in [7, 11) is 1.71. The Morgan fingerprint density at radius 2 is 1.85 bits per heavy atom. The van der Waals surface area contributed by atoms with Crippen LogP contribution in [0.25, 0.3) is 10.8 Å². The number of nitrogens with one attached hydrogen (secondary N) is 2. The molecule has 3 N–H and O–H groups in total. The van der Waals surface area contributed by atoms with Gasteiger partial charge in [-0.1, -0.05) is 43.3 Å². The molecule has 3 aromatic carbocycles. The third-order valence-corrected chi connectivity index (χ3v) is 7.71. The number of benzene rings is 3. The maximum Gasteiger partial charge on any atom is 0.321 e. The van der Waals surface area contributed by atoms with Crippen molar-refractivity contribution >= 4 is 40.0 Å². The van der Waals surface area contributed by atoms with Crippen molar-refractivity contribution in [2.24, 2.45) is 11.8 Å². The maximum atomic E-state index is 13.6. The van der Waals surface area contributed by atoms with Gasteiger partial charge in [-0.2, -0.15) is 0 Å². The molecule has 4 amide bonds. The molecular weight excluding hydrogens is 508 g/mol. The van der Waals surface area contributed by atoms with Crippen LogP contribution < -0.4 is 15.4 Å². The van der Waals surface area contributed by atoms with Crippen LogP contribution in [0.4, 0.5) is 16.2 Å². The zero-order valence-corrected chi connectivity index (χ0v) is 23.1. The summed E-state index contributed by atoms with van der Waals surface area (Å²) in [6, 6.07) is 18.0. The minimum atomic E-state index is -0.435. The molecule has 40 heavy (non-hydrogen) atoms. The minimum Gasteiger partial charge on any atom is -0.487 e. The van der Waals surface area contributed by atoms with Gasteiger partial charge in [-0.15, -0.1) is 0 Å². The van der Waals surface area contributed by atoms with E-state index in [0.29, 0.717) is 23.5 Å². The van der Waals surface area contributed by atoms with Gasteiger partial charge < -0.3 is 30.3 Å². The van der Waals surface area contributed by atoms with E-state index in [4.69, 9.17) is 4.74 Å². The molecule has 5 rings (SSSR count). The van der Waals surface area contributed by atoms with Crippen molar-refractivity contribution in [3.05, 3.63) is 66.2 Å².